The fraction of sp³-hybridized carbons (Fsp3) is 0.533. The molecule has 1 aromatic carbocycles. The average Bonchev–Trinajstić information content (AvgIpc) is 2.91. The maximum Gasteiger partial charge on any atom is 0.236 e. The molecule has 1 aliphatic rings. The number of aryl methyl sites for hydroxylation is 1. The molecule has 3 heteroatoms. The van der Waals surface area contributed by atoms with Gasteiger partial charge < -0.3 is 10.6 Å². The Kier molecular flexibility index (Phi) is 4.37. The van der Waals surface area contributed by atoms with E-state index in [0.29, 0.717) is 12.6 Å². The molecule has 0 aromatic heterocycles. The van der Waals surface area contributed by atoms with Crippen molar-refractivity contribution in [3.05, 3.63) is 35.4 Å². The van der Waals surface area contributed by atoms with Gasteiger partial charge >= 0.3 is 0 Å². The van der Waals surface area contributed by atoms with E-state index in [1.807, 2.05) is 4.90 Å². The number of hydrogen-bond donors (Lipinski definition) is 1. The quantitative estimate of drug-likeness (QED) is 0.885. The van der Waals surface area contributed by atoms with Crippen molar-refractivity contribution in [2.75, 3.05) is 6.54 Å². The van der Waals surface area contributed by atoms with Crippen LogP contribution in [0, 0.1) is 6.92 Å². The molecule has 0 atom stereocenters. The molecule has 0 aliphatic heterocycles. The van der Waals surface area contributed by atoms with E-state index in [1.54, 1.807) is 0 Å². The van der Waals surface area contributed by atoms with Crippen LogP contribution in [0.15, 0.2) is 24.3 Å². The van der Waals surface area contributed by atoms with Gasteiger partial charge in [-0.25, -0.2) is 0 Å². The van der Waals surface area contributed by atoms with Crippen LogP contribution >= 0.6 is 0 Å². The van der Waals surface area contributed by atoms with E-state index < -0.39 is 0 Å². The number of nitrogens with two attached hydrogens (primary N) is 1. The maximum atomic E-state index is 12.0. The highest BCUT2D eigenvalue weighted by Gasteiger charge is 2.25. The molecule has 1 saturated carbocycles. The van der Waals surface area contributed by atoms with Gasteiger partial charge in [-0.15, -0.1) is 0 Å². The molecule has 1 aromatic rings. The summed E-state index contributed by atoms with van der Waals surface area (Å²) in [5.41, 5.74) is 7.96. The second-order valence-electron chi connectivity index (χ2n) is 5.15. The van der Waals surface area contributed by atoms with Crippen molar-refractivity contribution in [3.63, 3.8) is 0 Å². The normalized spacial score (nSPS) is 15.9. The Morgan fingerprint density at radius 3 is 2.44 bits per heavy atom. The van der Waals surface area contributed by atoms with Crippen molar-refractivity contribution in [2.45, 2.75) is 45.2 Å². The fourth-order valence-corrected chi connectivity index (χ4v) is 2.64. The molecule has 0 radical (unpaired) electrons. The van der Waals surface area contributed by atoms with Gasteiger partial charge in [-0.05, 0) is 25.3 Å². The highest BCUT2D eigenvalue weighted by Crippen LogP contribution is 2.25. The van der Waals surface area contributed by atoms with Crippen LogP contribution in [0.5, 0.6) is 0 Å². The lowest BCUT2D eigenvalue weighted by Gasteiger charge is -2.28. The second kappa shape index (κ2) is 6.01. The maximum absolute atomic E-state index is 12.0. The van der Waals surface area contributed by atoms with Gasteiger partial charge in [0.15, 0.2) is 0 Å². The topological polar surface area (TPSA) is 46.3 Å². The molecular weight excluding hydrogens is 224 g/mol. The molecule has 0 unspecified atom stereocenters. The molecule has 3 nitrogen and oxygen atoms in total. The Morgan fingerprint density at radius 2 is 1.89 bits per heavy atom. The van der Waals surface area contributed by atoms with Crippen LogP contribution in [-0.2, 0) is 11.3 Å². The third-order valence-corrected chi connectivity index (χ3v) is 3.73. The summed E-state index contributed by atoms with van der Waals surface area (Å²) in [4.78, 5) is 13.9. The predicted octanol–water partition coefficient (Wildman–Crippen LogP) is 2.22. The van der Waals surface area contributed by atoms with Gasteiger partial charge in [-0.2, -0.15) is 0 Å². The summed E-state index contributed by atoms with van der Waals surface area (Å²) in [6.07, 6.45) is 4.70. The molecule has 0 spiro atoms. The summed E-state index contributed by atoms with van der Waals surface area (Å²) in [6, 6.07) is 8.77. The van der Waals surface area contributed by atoms with Crippen molar-refractivity contribution >= 4 is 5.91 Å². The number of benzene rings is 1. The van der Waals surface area contributed by atoms with Crippen molar-refractivity contribution < 1.29 is 4.79 Å². The molecule has 0 saturated heterocycles. The van der Waals surface area contributed by atoms with Crippen molar-refractivity contribution in [2.24, 2.45) is 5.73 Å². The first kappa shape index (κ1) is 13.1. The van der Waals surface area contributed by atoms with Gasteiger partial charge in [-0.1, -0.05) is 42.7 Å². The minimum atomic E-state index is 0.0717. The fourth-order valence-electron chi connectivity index (χ4n) is 2.64. The minimum Gasteiger partial charge on any atom is -0.334 e. The zero-order valence-electron chi connectivity index (χ0n) is 11.1. The van der Waals surface area contributed by atoms with E-state index in [0.717, 1.165) is 12.8 Å². The van der Waals surface area contributed by atoms with Gasteiger partial charge in [0.2, 0.25) is 5.91 Å². The molecular formula is C15H22N2O. The third-order valence-electron chi connectivity index (χ3n) is 3.73. The first-order valence-electron chi connectivity index (χ1n) is 6.76. The zero-order valence-corrected chi connectivity index (χ0v) is 11.1. The van der Waals surface area contributed by atoms with Gasteiger partial charge in [0.1, 0.15) is 0 Å². The van der Waals surface area contributed by atoms with Crippen molar-refractivity contribution in [1.82, 2.24) is 4.90 Å². The zero-order chi connectivity index (χ0) is 13.0. The van der Waals surface area contributed by atoms with E-state index in [1.165, 1.54) is 24.0 Å². The van der Waals surface area contributed by atoms with E-state index in [-0.39, 0.29) is 12.5 Å². The predicted molar refractivity (Wildman–Crippen MR) is 73.0 cm³/mol. The van der Waals surface area contributed by atoms with Crippen LogP contribution in [0.25, 0.3) is 0 Å². The van der Waals surface area contributed by atoms with E-state index in [2.05, 4.69) is 31.2 Å². The number of nitrogens with zero attached hydrogens (tertiary/aromatic N) is 1. The average molecular weight is 246 g/mol. The lowest BCUT2D eigenvalue weighted by Crippen LogP contribution is -2.41. The number of amides is 1. The Morgan fingerprint density at radius 1 is 1.28 bits per heavy atom. The number of hydrogen-bond acceptors (Lipinski definition) is 2. The van der Waals surface area contributed by atoms with Gasteiger partial charge in [0, 0.05) is 12.6 Å². The van der Waals surface area contributed by atoms with Crippen molar-refractivity contribution in [1.29, 1.82) is 0 Å². The van der Waals surface area contributed by atoms with E-state index >= 15 is 0 Å². The smallest absolute Gasteiger partial charge is 0.236 e. The summed E-state index contributed by atoms with van der Waals surface area (Å²) in [6.45, 7) is 2.88. The molecule has 0 bridgehead atoms. The summed E-state index contributed by atoms with van der Waals surface area (Å²) < 4.78 is 0. The van der Waals surface area contributed by atoms with E-state index in [4.69, 9.17) is 5.73 Å². The first-order chi connectivity index (χ1) is 8.70. The SMILES string of the molecule is Cc1ccc(CN(C(=O)CN)C2CCCC2)cc1. The Hall–Kier alpha value is -1.35. The first-order valence-corrected chi connectivity index (χ1v) is 6.76. The van der Waals surface area contributed by atoms with Crippen LogP contribution in [0.3, 0.4) is 0 Å². The lowest BCUT2D eigenvalue weighted by molar-refractivity contribution is -0.132. The van der Waals surface area contributed by atoms with Crippen LogP contribution in [0.1, 0.15) is 36.8 Å². The number of rotatable bonds is 4. The van der Waals surface area contributed by atoms with Crippen LogP contribution in [-0.4, -0.2) is 23.4 Å². The van der Waals surface area contributed by atoms with Crippen LogP contribution < -0.4 is 5.73 Å². The number of carbonyl (C=O) groups excluding carboxylic acids is 1. The molecule has 2 rings (SSSR count). The highest BCUT2D eigenvalue weighted by molar-refractivity contribution is 5.78. The van der Waals surface area contributed by atoms with Crippen molar-refractivity contribution in [3.8, 4) is 0 Å². The van der Waals surface area contributed by atoms with Crippen LogP contribution in [0.2, 0.25) is 0 Å². The van der Waals surface area contributed by atoms with Gasteiger partial charge in [0.05, 0.1) is 6.54 Å². The largest absolute Gasteiger partial charge is 0.334 e. The molecule has 1 fully saturated rings. The minimum absolute atomic E-state index is 0.0717. The molecule has 98 valence electrons. The second-order valence-corrected chi connectivity index (χ2v) is 5.15. The summed E-state index contributed by atoms with van der Waals surface area (Å²) >= 11 is 0. The standard InChI is InChI=1S/C15H22N2O/c1-12-6-8-13(9-7-12)11-17(15(18)10-16)14-4-2-3-5-14/h6-9,14H,2-5,10-11,16H2,1H3. The monoisotopic (exact) mass is 246 g/mol. The van der Waals surface area contributed by atoms with E-state index in [9.17, 15) is 4.79 Å². The highest BCUT2D eigenvalue weighted by atomic mass is 16.2. The number of carbonyl (C=O) groups is 1. The van der Waals surface area contributed by atoms with Gasteiger partial charge in [0.25, 0.3) is 0 Å². The Balaban J connectivity index is 2.09. The lowest BCUT2D eigenvalue weighted by atomic mass is 10.1. The van der Waals surface area contributed by atoms with Gasteiger partial charge in [-0.3, -0.25) is 4.79 Å². The Bertz CT molecular complexity index is 393. The molecule has 1 amide bonds. The Labute approximate surface area is 109 Å². The molecule has 1 aliphatic carbocycles. The summed E-state index contributed by atoms with van der Waals surface area (Å²) in [7, 11) is 0. The third kappa shape index (κ3) is 3.10. The summed E-state index contributed by atoms with van der Waals surface area (Å²) in [5, 5.41) is 0. The van der Waals surface area contributed by atoms with Crippen LogP contribution in [0.4, 0.5) is 0 Å². The molecule has 2 N–H and O–H groups in total. The molecule has 0 heterocycles. The summed E-state index contributed by atoms with van der Waals surface area (Å²) in [5.74, 6) is 0.0717. The molecule has 18 heavy (non-hydrogen) atoms.